The van der Waals surface area contributed by atoms with Gasteiger partial charge in [0.25, 0.3) is 5.91 Å². The van der Waals surface area contributed by atoms with Crippen LogP contribution in [0.3, 0.4) is 0 Å². The number of phenolic OH excluding ortho intramolecular Hbond substituents is 1. The Morgan fingerprint density at radius 1 is 1.23 bits per heavy atom. The summed E-state index contributed by atoms with van der Waals surface area (Å²) < 4.78 is 5.19. The molecule has 2 aromatic carbocycles. The van der Waals surface area contributed by atoms with Crippen molar-refractivity contribution in [2.45, 2.75) is 39.5 Å². The van der Waals surface area contributed by atoms with Crippen molar-refractivity contribution in [1.29, 1.82) is 0 Å². The van der Waals surface area contributed by atoms with Crippen molar-refractivity contribution in [3.05, 3.63) is 80.7 Å². The van der Waals surface area contributed by atoms with Gasteiger partial charge in [-0.15, -0.1) is 0 Å². The molecule has 4 rings (SSSR count). The Kier molecular flexibility index (Phi) is 6.10. The number of amides is 1. The summed E-state index contributed by atoms with van der Waals surface area (Å²) in [5.41, 5.74) is 1.94. The number of nitrogens with one attached hydrogen (secondary N) is 2. The minimum atomic E-state index is -0.883. The molecule has 182 valence electrons. The number of hydrogen-bond acceptors (Lipinski definition) is 7. The zero-order chi connectivity index (χ0) is 25.5. The van der Waals surface area contributed by atoms with Crippen molar-refractivity contribution in [3.63, 3.8) is 0 Å². The average molecular weight is 478 g/mol. The molecule has 0 bridgehead atoms. The predicted molar refractivity (Wildman–Crippen MR) is 130 cm³/mol. The minimum absolute atomic E-state index is 0.112. The fraction of sp³-hybridized carbons (Fsp3) is 0.308. The second-order valence-electron chi connectivity index (χ2n) is 9.60. The number of methoxy groups -OCH3 is 1. The number of Topliss-reactive ketones (excluding diaryl/α,β-unsaturated/α-hetero) is 1. The van der Waals surface area contributed by atoms with Crippen LogP contribution in [-0.4, -0.2) is 28.8 Å². The minimum Gasteiger partial charge on any atom is -0.500 e. The van der Waals surface area contributed by atoms with Crippen molar-refractivity contribution < 1.29 is 24.4 Å². The lowest BCUT2D eigenvalue weighted by molar-refractivity contribution is -0.386. The summed E-state index contributed by atoms with van der Waals surface area (Å²) in [5, 5.41) is 28.1. The normalized spacial score (nSPS) is 19.1. The molecule has 2 aliphatic rings. The molecular formula is C26H27N3O6. The van der Waals surface area contributed by atoms with Gasteiger partial charge in [-0.2, -0.15) is 0 Å². The summed E-state index contributed by atoms with van der Waals surface area (Å²) in [7, 11) is 1.29. The van der Waals surface area contributed by atoms with E-state index in [0.29, 0.717) is 34.6 Å². The van der Waals surface area contributed by atoms with Gasteiger partial charge in [0.15, 0.2) is 11.5 Å². The highest BCUT2D eigenvalue weighted by Gasteiger charge is 2.43. The smallest absolute Gasteiger partial charge is 0.314 e. The van der Waals surface area contributed by atoms with Crippen molar-refractivity contribution in [2.75, 3.05) is 12.4 Å². The number of carbonyl (C=O) groups is 2. The number of nitro benzene ring substituents is 1. The molecule has 0 saturated carbocycles. The number of hydrogen-bond donors (Lipinski definition) is 3. The number of ether oxygens (including phenoxy) is 1. The second kappa shape index (κ2) is 8.90. The lowest BCUT2D eigenvalue weighted by Crippen LogP contribution is -2.39. The number of carbonyl (C=O) groups excluding carboxylic acids is 2. The fourth-order valence-corrected chi connectivity index (χ4v) is 4.87. The van der Waals surface area contributed by atoms with E-state index >= 15 is 0 Å². The Bertz CT molecular complexity index is 1290. The number of benzene rings is 2. The lowest BCUT2D eigenvalue weighted by Gasteiger charge is -2.39. The summed E-state index contributed by atoms with van der Waals surface area (Å²) >= 11 is 0. The van der Waals surface area contributed by atoms with Gasteiger partial charge in [0.05, 0.1) is 12.0 Å². The maximum absolute atomic E-state index is 13.6. The number of allylic oxidation sites excluding steroid dienone is 3. The zero-order valence-corrected chi connectivity index (χ0v) is 20.0. The number of para-hydroxylation sites is 1. The van der Waals surface area contributed by atoms with Gasteiger partial charge in [0.1, 0.15) is 0 Å². The van der Waals surface area contributed by atoms with Gasteiger partial charge >= 0.3 is 5.69 Å². The number of aromatic hydroxyl groups is 1. The van der Waals surface area contributed by atoms with Crippen LogP contribution >= 0.6 is 0 Å². The molecular weight excluding hydrogens is 450 g/mol. The quantitative estimate of drug-likeness (QED) is 0.425. The first-order chi connectivity index (χ1) is 16.5. The Morgan fingerprint density at radius 2 is 1.91 bits per heavy atom. The third-order valence-electron chi connectivity index (χ3n) is 6.34. The average Bonchev–Trinajstić information content (AvgIpc) is 2.77. The Morgan fingerprint density at radius 3 is 2.54 bits per heavy atom. The lowest BCUT2D eigenvalue weighted by atomic mass is 9.68. The van der Waals surface area contributed by atoms with Crippen LogP contribution in [0.25, 0.3) is 0 Å². The largest absolute Gasteiger partial charge is 0.500 e. The van der Waals surface area contributed by atoms with Gasteiger partial charge in [-0.3, -0.25) is 19.7 Å². The third-order valence-corrected chi connectivity index (χ3v) is 6.34. The van der Waals surface area contributed by atoms with E-state index in [1.54, 1.807) is 31.2 Å². The van der Waals surface area contributed by atoms with Crippen molar-refractivity contribution in [3.8, 4) is 11.5 Å². The van der Waals surface area contributed by atoms with Gasteiger partial charge in [0.2, 0.25) is 5.75 Å². The molecule has 1 aliphatic carbocycles. The van der Waals surface area contributed by atoms with Gasteiger partial charge in [-0.1, -0.05) is 32.0 Å². The highest BCUT2D eigenvalue weighted by molar-refractivity contribution is 6.10. The monoisotopic (exact) mass is 477 g/mol. The first kappa shape index (κ1) is 24.0. The van der Waals surface area contributed by atoms with E-state index in [1.165, 1.54) is 19.2 Å². The van der Waals surface area contributed by atoms with Crippen molar-refractivity contribution >= 4 is 23.1 Å². The molecule has 35 heavy (non-hydrogen) atoms. The molecule has 1 atom stereocenters. The maximum Gasteiger partial charge on any atom is 0.314 e. The van der Waals surface area contributed by atoms with Crippen LogP contribution in [0.4, 0.5) is 11.4 Å². The standard InChI is InChI=1S/C26H27N3O6/c1-14-21(25(32)28-16-8-6-5-7-9-16)22(23-17(27-14)12-26(2,3)13-19(23)30)15-10-18(29(33)34)24(31)20(11-15)35-4/h5-11,22,27,31H,12-13H2,1-4H3,(H,28,32)/t22-/m0/s1. The van der Waals surface area contributed by atoms with E-state index in [0.717, 1.165) is 0 Å². The number of nitro groups is 1. The predicted octanol–water partition coefficient (Wildman–Crippen LogP) is 4.55. The third kappa shape index (κ3) is 4.49. The van der Waals surface area contributed by atoms with Crippen molar-refractivity contribution in [2.24, 2.45) is 5.41 Å². The van der Waals surface area contributed by atoms with Crippen molar-refractivity contribution in [1.82, 2.24) is 5.32 Å². The fourth-order valence-electron chi connectivity index (χ4n) is 4.87. The molecule has 1 aliphatic heterocycles. The van der Waals surface area contributed by atoms with Gasteiger partial charge in [-0.25, -0.2) is 0 Å². The number of anilines is 1. The summed E-state index contributed by atoms with van der Waals surface area (Å²) in [4.78, 5) is 38.0. The molecule has 2 aromatic rings. The van der Waals surface area contributed by atoms with Crippen LogP contribution in [0.15, 0.2) is 65.0 Å². The Hall–Kier alpha value is -4.14. The Labute approximate surface area is 202 Å². The first-order valence-corrected chi connectivity index (χ1v) is 11.2. The highest BCUT2D eigenvalue weighted by Crippen LogP contribution is 2.49. The SMILES string of the molecule is COc1cc([C@H]2C(C(=O)Nc3ccccc3)=C(C)NC3=C2C(=O)CC(C)(C)C3)cc([N+](=O)[O-])c1O. The highest BCUT2D eigenvalue weighted by atomic mass is 16.6. The van der Waals surface area contributed by atoms with Crippen LogP contribution in [0.2, 0.25) is 0 Å². The first-order valence-electron chi connectivity index (χ1n) is 11.2. The van der Waals surface area contributed by atoms with Crippen LogP contribution in [0, 0.1) is 15.5 Å². The topological polar surface area (TPSA) is 131 Å². The van der Waals surface area contributed by atoms with Crippen LogP contribution in [-0.2, 0) is 9.59 Å². The van der Waals surface area contributed by atoms with E-state index in [1.807, 2.05) is 19.9 Å². The van der Waals surface area contributed by atoms with E-state index in [4.69, 9.17) is 4.74 Å². The molecule has 0 radical (unpaired) electrons. The number of dihydropyridines is 1. The molecule has 9 nitrogen and oxygen atoms in total. The molecule has 3 N–H and O–H groups in total. The summed E-state index contributed by atoms with van der Waals surface area (Å²) in [6.07, 6.45) is 0.848. The van der Waals surface area contributed by atoms with Crippen LogP contribution in [0.1, 0.15) is 45.1 Å². The molecule has 0 spiro atoms. The summed E-state index contributed by atoms with van der Waals surface area (Å²) in [6, 6.07) is 11.5. The molecule has 0 aromatic heterocycles. The molecule has 9 heteroatoms. The van der Waals surface area contributed by atoms with Gasteiger partial charge in [0, 0.05) is 46.6 Å². The summed E-state index contributed by atoms with van der Waals surface area (Å²) in [6.45, 7) is 5.74. The van der Waals surface area contributed by atoms with E-state index in [2.05, 4.69) is 10.6 Å². The number of ketones is 1. The van der Waals surface area contributed by atoms with E-state index < -0.39 is 28.2 Å². The van der Waals surface area contributed by atoms with E-state index in [9.17, 15) is 24.8 Å². The molecule has 1 amide bonds. The Balaban J connectivity index is 1.92. The number of nitrogens with zero attached hydrogens (tertiary/aromatic N) is 1. The van der Waals surface area contributed by atoms with Gasteiger partial charge in [-0.05, 0) is 42.5 Å². The van der Waals surface area contributed by atoms with Crippen LogP contribution in [0.5, 0.6) is 11.5 Å². The van der Waals surface area contributed by atoms with Crippen LogP contribution < -0.4 is 15.4 Å². The molecule has 1 heterocycles. The summed E-state index contributed by atoms with van der Waals surface area (Å²) in [5.74, 6) is -2.19. The van der Waals surface area contributed by atoms with E-state index in [-0.39, 0.29) is 28.9 Å². The second-order valence-corrected chi connectivity index (χ2v) is 9.60. The maximum atomic E-state index is 13.6. The zero-order valence-electron chi connectivity index (χ0n) is 20.0. The number of rotatable bonds is 5. The molecule has 0 unspecified atom stereocenters. The van der Waals surface area contributed by atoms with Gasteiger partial charge < -0.3 is 20.5 Å². The molecule has 0 fully saturated rings. The number of phenols is 1. The molecule has 0 saturated heterocycles.